The highest BCUT2D eigenvalue weighted by atomic mass is 35.5. The van der Waals surface area contributed by atoms with Crippen molar-refractivity contribution in [1.82, 2.24) is 4.31 Å². The molecule has 1 aliphatic rings. The first kappa shape index (κ1) is 14.1. The Hall–Kier alpha value is -0.880. The van der Waals surface area contributed by atoms with E-state index in [1.165, 1.54) is 15.2 Å². The molecule has 3 rings (SSSR count). The molecule has 0 amide bonds. The monoisotopic (exact) mass is 327 g/mol. The summed E-state index contributed by atoms with van der Waals surface area (Å²) in [5, 5.41) is 2.50. The molecule has 0 radical (unpaired) electrons. The predicted molar refractivity (Wildman–Crippen MR) is 81.8 cm³/mol. The lowest BCUT2D eigenvalue weighted by Gasteiger charge is -2.26. The largest absolute Gasteiger partial charge is 0.243 e. The van der Waals surface area contributed by atoms with Crippen molar-refractivity contribution in [2.75, 3.05) is 6.54 Å². The molecule has 6 heteroatoms. The first-order valence-electron chi connectivity index (χ1n) is 6.30. The molecule has 106 valence electrons. The normalized spacial score (nSPS) is 16.1. The van der Waals surface area contributed by atoms with Gasteiger partial charge in [-0.25, -0.2) is 8.42 Å². The lowest BCUT2D eigenvalue weighted by atomic mass is 10.1. The number of benzene rings is 1. The molecule has 2 aromatic rings. The van der Waals surface area contributed by atoms with Gasteiger partial charge in [0.25, 0.3) is 0 Å². The molecule has 2 heterocycles. The van der Waals surface area contributed by atoms with E-state index in [1.807, 2.05) is 18.4 Å². The quantitative estimate of drug-likeness (QED) is 0.847. The standard InChI is InChI=1S/C14H14ClNO2S2/c1-10-2-3-12(8-13(10)15)20(17,18)16-6-4-14-11(9-16)5-7-19-14/h2-3,5,7-8H,4,6,9H2,1H3. The van der Waals surface area contributed by atoms with Crippen LogP contribution in [0, 0.1) is 6.92 Å². The second kappa shape index (κ2) is 5.15. The maximum absolute atomic E-state index is 12.7. The van der Waals surface area contributed by atoms with Gasteiger partial charge in [-0.2, -0.15) is 4.31 Å². The van der Waals surface area contributed by atoms with Crippen molar-refractivity contribution >= 4 is 33.0 Å². The third-order valence-electron chi connectivity index (χ3n) is 3.55. The zero-order valence-corrected chi connectivity index (χ0v) is 13.4. The van der Waals surface area contributed by atoms with Crippen molar-refractivity contribution in [3.05, 3.63) is 50.7 Å². The number of fused-ring (bicyclic) bond motifs is 1. The summed E-state index contributed by atoms with van der Waals surface area (Å²) >= 11 is 7.74. The first-order valence-corrected chi connectivity index (χ1v) is 9.00. The number of aryl methyl sites for hydroxylation is 1. The highest BCUT2D eigenvalue weighted by Gasteiger charge is 2.29. The van der Waals surface area contributed by atoms with E-state index < -0.39 is 10.0 Å². The number of halogens is 1. The summed E-state index contributed by atoms with van der Waals surface area (Å²) in [4.78, 5) is 1.56. The van der Waals surface area contributed by atoms with Crippen LogP contribution in [0.1, 0.15) is 16.0 Å². The van der Waals surface area contributed by atoms with Gasteiger partial charge in [-0.05, 0) is 48.1 Å². The van der Waals surface area contributed by atoms with Crippen molar-refractivity contribution in [2.45, 2.75) is 24.8 Å². The summed E-state index contributed by atoms with van der Waals surface area (Å²) in [7, 11) is -3.47. The van der Waals surface area contributed by atoms with Gasteiger partial charge in [0.15, 0.2) is 0 Å². The Balaban J connectivity index is 1.95. The lowest BCUT2D eigenvalue weighted by Crippen LogP contribution is -2.35. The third-order valence-corrected chi connectivity index (χ3v) is 6.83. The first-order chi connectivity index (χ1) is 9.48. The summed E-state index contributed by atoms with van der Waals surface area (Å²) < 4.78 is 26.8. The fourth-order valence-corrected chi connectivity index (χ4v) is 4.89. The number of hydrogen-bond donors (Lipinski definition) is 0. The molecule has 1 aromatic carbocycles. The van der Waals surface area contributed by atoms with E-state index in [0.29, 0.717) is 18.1 Å². The molecule has 0 N–H and O–H groups in total. The second-order valence-corrected chi connectivity index (χ2v) is 8.21. The van der Waals surface area contributed by atoms with Gasteiger partial charge in [0, 0.05) is 23.0 Å². The van der Waals surface area contributed by atoms with Gasteiger partial charge in [-0.1, -0.05) is 17.7 Å². The summed E-state index contributed by atoms with van der Waals surface area (Å²) in [5.74, 6) is 0. The Labute approximate surface area is 127 Å². The Bertz CT molecular complexity index is 752. The number of hydrogen-bond acceptors (Lipinski definition) is 3. The molecule has 0 unspecified atom stereocenters. The molecular formula is C14H14ClNO2S2. The Morgan fingerprint density at radius 1 is 1.30 bits per heavy atom. The molecule has 0 spiro atoms. The van der Waals surface area contributed by atoms with E-state index in [0.717, 1.165) is 17.5 Å². The van der Waals surface area contributed by atoms with E-state index >= 15 is 0 Å². The van der Waals surface area contributed by atoms with Crippen LogP contribution in [0.15, 0.2) is 34.5 Å². The molecular weight excluding hydrogens is 314 g/mol. The van der Waals surface area contributed by atoms with Crippen molar-refractivity contribution in [1.29, 1.82) is 0 Å². The van der Waals surface area contributed by atoms with Crippen LogP contribution in [0.5, 0.6) is 0 Å². The van der Waals surface area contributed by atoms with E-state index in [2.05, 4.69) is 0 Å². The molecule has 0 saturated heterocycles. The average Bonchev–Trinajstić information content (AvgIpc) is 2.89. The lowest BCUT2D eigenvalue weighted by molar-refractivity contribution is 0.394. The summed E-state index contributed by atoms with van der Waals surface area (Å²) in [6, 6.07) is 6.91. The molecule has 20 heavy (non-hydrogen) atoms. The maximum atomic E-state index is 12.7. The zero-order valence-electron chi connectivity index (χ0n) is 11.0. The van der Waals surface area contributed by atoms with Gasteiger partial charge < -0.3 is 0 Å². The third kappa shape index (κ3) is 2.39. The number of nitrogens with zero attached hydrogens (tertiary/aromatic N) is 1. The minimum Gasteiger partial charge on any atom is -0.207 e. The zero-order chi connectivity index (χ0) is 14.3. The smallest absolute Gasteiger partial charge is 0.207 e. The average molecular weight is 328 g/mol. The predicted octanol–water partition coefficient (Wildman–Crippen LogP) is 3.46. The van der Waals surface area contributed by atoms with Gasteiger partial charge in [-0.3, -0.25) is 0 Å². The fraction of sp³-hybridized carbons (Fsp3) is 0.286. The van der Waals surface area contributed by atoms with E-state index in [4.69, 9.17) is 11.6 Å². The van der Waals surface area contributed by atoms with E-state index in [9.17, 15) is 8.42 Å². The Morgan fingerprint density at radius 2 is 2.10 bits per heavy atom. The van der Waals surface area contributed by atoms with E-state index in [1.54, 1.807) is 23.5 Å². The van der Waals surface area contributed by atoms with Gasteiger partial charge >= 0.3 is 0 Å². The number of sulfonamides is 1. The van der Waals surface area contributed by atoms with Crippen LogP contribution < -0.4 is 0 Å². The molecule has 0 aliphatic carbocycles. The minimum atomic E-state index is -3.47. The molecule has 0 fully saturated rings. The SMILES string of the molecule is Cc1ccc(S(=O)(=O)N2CCc3sccc3C2)cc1Cl. The number of rotatable bonds is 2. The highest BCUT2D eigenvalue weighted by molar-refractivity contribution is 7.89. The molecule has 0 bridgehead atoms. The number of thiophene rings is 1. The van der Waals surface area contributed by atoms with Crippen molar-refractivity contribution in [3.8, 4) is 0 Å². The van der Waals surface area contributed by atoms with Gasteiger partial charge in [0.2, 0.25) is 10.0 Å². The van der Waals surface area contributed by atoms with Crippen LogP contribution >= 0.6 is 22.9 Å². The van der Waals surface area contributed by atoms with Crippen LogP contribution in [0.3, 0.4) is 0 Å². The maximum Gasteiger partial charge on any atom is 0.243 e. The van der Waals surface area contributed by atoms with Crippen molar-refractivity contribution in [2.24, 2.45) is 0 Å². The Kier molecular flexibility index (Phi) is 3.62. The summed E-state index contributed by atoms with van der Waals surface area (Å²) in [6.45, 7) is 2.84. The Morgan fingerprint density at radius 3 is 2.85 bits per heavy atom. The van der Waals surface area contributed by atoms with Gasteiger partial charge in [0.05, 0.1) is 4.90 Å². The van der Waals surface area contributed by atoms with Crippen LogP contribution in [0.4, 0.5) is 0 Å². The molecule has 1 aromatic heterocycles. The van der Waals surface area contributed by atoms with Gasteiger partial charge in [0.1, 0.15) is 0 Å². The van der Waals surface area contributed by atoms with E-state index in [-0.39, 0.29) is 4.90 Å². The molecule has 3 nitrogen and oxygen atoms in total. The molecule has 1 aliphatic heterocycles. The van der Waals surface area contributed by atoms with Crippen molar-refractivity contribution in [3.63, 3.8) is 0 Å². The molecule has 0 saturated carbocycles. The molecule has 0 atom stereocenters. The minimum absolute atomic E-state index is 0.270. The fourth-order valence-electron chi connectivity index (χ4n) is 2.31. The summed E-state index contributed by atoms with van der Waals surface area (Å²) in [5.41, 5.74) is 1.99. The summed E-state index contributed by atoms with van der Waals surface area (Å²) in [6.07, 6.45) is 0.784. The van der Waals surface area contributed by atoms with Crippen LogP contribution in [-0.2, 0) is 23.0 Å². The topological polar surface area (TPSA) is 37.4 Å². The van der Waals surface area contributed by atoms with Crippen LogP contribution in [0.2, 0.25) is 5.02 Å². The second-order valence-electron chi connectivity index (χ2n) is 4.87. The van der Waals surface area contributed by atoms with Crippen LogP contribution in [0.25, 0.3) is 0 Å². The highest BCUT2D eigenvalue weighted by Crippen LogP contribution is 2.29. The van der Waals surface area contributed by atoms with Gasteiger partial charge in [-0.15, -0.1) is 11.3 Å². The van der Waals surface area contributed by atoms with Crippen LogP contribution in [-0.4, -0.2) is 19.3 Å². The van der Waals surface area contributed by atoms with Crippen molar-refractivity contribution < 1.29 is 8.42 Å².